The third-order valence-electron chi connectivity index (χ3n) is 4.36. The fraction of sp³-hybridized carbons (Fsp3) is 0.208. The molecule has 0 bridgehead atoms. The largest absolute Gasteiger partial charge is 0.382 e. The van der Waals surface area contributed by atoms with Gasteiger partial charge in [-0.2, -0.15) is 0 Å². The Morgan fingerprint density at radius 2 is 1.57 bits per heavy atom. The van der Waals surface area contributed by atoms with Gasteiger partial charge in [-0.25, -0.2) is 8.42 Å². The molecule has 0 fully saturated rings. The maximum absolute atomic E-state index is 12.7. The standard InChI is InChI=1S/C19H14Cl2N2O3S2.C5H12O2/c20-12-1-8-16(9-2-12)28(25,26)23-18-10-3-13(21)11-17(18)19(24)22-14-4-6-15(27)7-5-14;1-3-7-5-4-6-2/h1-11,23,27H,(H,22,24);3-5H2,1-2H3. The molecular weight excluding hydrogens is 531 g/mol. The Morgan fingerprint density at radius 1 is 0.943 bits per heavy atom. The molecule has 7 nitrogen and oxygen atoms in total. The molecule has 0 saturated heterocycles. The first-order valence-corrected chi connectivity index (χ1v) is 13.1. The lowest BCUT2D eigenvalue weighted by atomic mass is 10.1. The zero-order valence-electron chi connectivity index (χ0n) is 19.1. The fourth-order valence-electron chi connectivity index (χ4n) is 2.64. The summed E-state index contributed by atoms with van der Waals surface area (Å²) in [5, 5.41) is 3.41. The Labute approximate surface area is 221 Å². The summed E-state index contributed by atoms with van der Waals surface area (Å²) < 4.78 is 37.4. The van der Waals surface area contributed by atoms with Crippen molar-refractivity contribution in [3.63, 3.8) is 0 Å². The van der Waals surface area contributed by atoms with Crippen LogP contribution in [0.3, 0.4) is 0 Å². The van der Waals surface area contributed by atoms with Crippen LogP contribution in [0.25, 0.3) is 0 Å². The Kier molecular flexibility index (Phi) is 11.9. The molecule has 0 saturated carbocycles. The van der Waals surface area contributed by atoms with Crippen LogP contribution in [0.15, 0.2) is 76.5 Å². The number of methoxy groups -OCH3 is 1. The van der Waals surface area contributed by atoms with Gasteiger partial charge in [0.1, 0.15) is 0 Å². The first-order valence-electron chi connectivity index (χ1n) is 10.4. The number of carbonyl (C=O) groups is 1. The van der Waals surface area contributed by atoms with Crippen LogP contribution in [0.2, 0.25) is 10.0 Å². The van der Waals surface area contributed by atoms with Gasteiger partial charge in [0, 0.05) is 34.3 Å². The van der Waals surface area contributed by atoms with E-state index in [1.165, 1.54) is 42.5 Å². The molecule has 0 aliphatic carbocycles. The molecule has 0 heterocycles. The second kappa shape index (κ2) is 14.3. The van der Waals surface area contributed by atoms with E-state index in [4.69, 9.17) is 32.7 Å². The maximum atomic E-state index is 12.7. The Hall–Kier alpha value is -2.27. The lowest BCUT2D eigenvalue weighted by Crippen LogP contribution is -2.18. The van der Waals surface area contributed by atoms with Gasteiger partial charge in [-0.05, 0) is 73.7 Å². The van der Waals surface area contributed by atoms with Gasteiger partial charge in [0.05, 0.1) is 29.4 Å². The first kappa shape index (κ1) is 29.0. The molecule has 0 unspecified atom stereocenters. The van der Waals surface area contributed by atoms with Crippen LogP contribution in [-0.4, -0.2) is 41.3 Å². The average molecular weight is 558 g/mol. The summed E-state index contributed by atoms with van der Waals surface area (Å²) in [5.41, 5.74) is 0.719. The molecule has 3 rings (SSSR count). The minimum absolute atomic E-state index is 0.0163. The summed E-state index contributed by atoms with van der Waals surface area (Å²) in [6, 6.07) is 16.8. The van der Waals surface area contributed by atoms with Crippen molar-refractivity contribution < 1.29 is 22.7 Å². The first-order chi connectivity index (χ1) is 16.7. The number of anilines is 2. The SMILES string of the molecule is CCOCCOC.O=C(Nc1ccc(S)cc1)c1cc(Cl)ccc1NS(=O)(=O)c1ccc(Cl)cc1. The van der Waals surface area contributed by atoms with E-state index < -0.39 is 15.9 Å². The molecular formula is C24H26Cl2N2O5S2. The third kappa shape index (κ3) is 9.71. The average Bonchev–Trinajstić information content (AvgIpc) is 2.82. The van der Waals surface area contributed by atoms with Crippen molar-refractivity contribution >= 4 is 63.1 Å². The summed E-state index contributed by atoms with van der Waals surface area (Å²) in [6.07, 6.45) is 0. The fourth-order valence-corrected chi connectivity index (χ4v) is 4.17. The summed E-state index contributed by atoms with van der Waals surface area (Å²) in [7, 11) is -2.25. The van der Waals surface area contributed by atoms with E-state index in [9.17, 15) is 13.2 Å². The molecule has 2 N–H and O–H groups in total. The van der Waals surface area contributed by atoms with E-state index in [0.29, 0.717) is 28.9 Å². The molecule has 0 spiro atoms. The molecule has 0 atom stereocenters. The van der Waals surface area contributed by atoms with Crippen LogP contribution in [-0.2, 0) is 19.5 Å². The number of halogens is 2. The van der Waals surface area contributed by atoms with E-state index in [2.05, 4.69) is 22.7 Å². The van der Waals surface area contributed by atoms with Crippen LogP contribution in [0.5, 0.6) is 0 Å². The topological polar surface area (TPSA) is 93.7 Å². The van der Waals surface area contributed by atoms with Crippen LogP contribution in [0.1, 0.15) is 17.3 Å². The minimum Gasteiger partial charge on any atom is -0.382 e. The van der Waals surface area contributed by atoms with Crippen molar-refractivity contribution in [3.8, 4) is 0 Å². The van der Waals surface area contributed by atoms with E-state index in [1.54, 1.807) is 31.4 Å². The molecule has 3 aromatic carbocycles. The molecule has 0 aliphatic rings. The monoisotopic (exact) mass is 556 g/mol. The number of hydrogen-bond acceptors (Lipinski definition) is 6. The zero-order valence-corrected chi connectivity index (χ0v) is 22.3. The Bertz CT molecular complexity index is 1200. The highest BCUT2D eigenvalue weighted by molar-refractivity contribution is 7.92. The van der Waals surface area contributed by atoms with Crippen molar-refractivity contribution in [1.29, 1.82) is 0 Å². The summed E-state index contributed by atoms with van der Waals surface area (Å²) in [5.74, 6) is -0.511. The predicted molar refractivity (Wildman–Crippen MR) is 144 cm³/mol. The van der Waals surface area contributed by atoms with Crippen molar-refractivity contribution in [2.24, 2.45) is 0 Å². The van der Waals surface area contributed by atoms with E-state index in [-0.39, 0.29) is 16.1 Å². The highest BCUT2D eigenvalue weighted by atomic mass is 35.5. The maximum Gasteiger partial charge on any atom is 0.261 e. The number of hydrogen-bond donors (Lipinski definition) is 3. The summed E-state index contributed by atoms with van der Waals surface area (Å²) in [4.78, 5) is 13.5. The van der Waals surface area contributed by atoms with Crippen molar-refractivity contribution in [2.45, 2.75) is 16.7 Å². The summed E-state index contributed by atoms with van der Waals surface area (Å²) in [6.45, 7) is 4.17. The predicted octanol–water partition coefficient (Wildman–Crippen LogP) is 6.00. The lowest BCUT2D eigenvalue weighted by Gasteiger charge is -2.13. The van der Waals surface area contributed by atoms with Crippen LogP contribution >= 0.6 is 35.8 Å². The number of nitrogens with one attached hydrogen (secondary N) is 2. The quantitative estimate of drug-likeness (QED) is 0.222. The van der Waals surface area contributed by atoms with Crippen molar-refractivity contribution in [3.05, 3.63) is 82.3 Å². The third-order valence-corrected chi connectivity index (χ3v) is 6.52. The number of sulfonamides is 1. The highest BCUT2D eigenvalue weighted by Crippen LogP contribution is 2.25. The number of benzene rings is 3. The summed E-state index contributed by atoms with van der Waals surface area (Å²) >= 11 is 16.0. The molecule has 0 radical (unpaired) electrons. The lowest BCUT2D eigenvalue weighted by molar-refractivity contribution is 0.0777. The van der Waals surface area contributed by atoms with Crippen molar-refractivity contribution in [2.75, 3.05) is 37.0 Å². The van der Waals surface area contributed by atoms with E-state index in [1.807, 2.05) is 6.92 Å². The number of thiol groups is 1. The number of carbonyl (C=O) groups excluding carboxylic acids is 1. The Morgan fingerprint density at radius 3 is 2.17 bits per heavy atom. The van der Waals surface area contributed by atoms with Gasteiger partial charge in [-0.3, -0.25) is 9.52 Å². The molecule has 35 heavy (non-hydrogen) atoms. The zero-order chi connectivity index (χ0) is 25.8. The molecule has 0 aromatic heterocycles. The second-order valence-corrected chi connectivity index (χ2v) is 10.0. The highest BCUT2D eigenvalue weighted by Gasteiger charge is 2.19. The van der Waals surface area contributed by atoms with Gasteiger partial charge in [-0.1, -0.05) is 23.2 Å². The molecule has 3 aromatic rings. The Balaban J connectivity index is 0.000000540. The van der Waals surface area contributed by atoms with Gasteiger partial charge >= 0.3 is 0 Å². The van der Waals surface area contributed by atoms with Gasteiger partial charge in [0.15, 0.2) is 0 Å². The van der Waals surface area contributed by atoms with Crippen LogP contribution < -0.4 is 10.0 Å². The van der Waals surface area contributed by atoms with Crippen LogP contribution in [0.4, 0.5) is 11.4 Å². The van der Waals surface area contributed by atoms with E-state index in [0.717, 1.165) is 11.5 Å². The molecule has 1 amide bonds. The van der Waals surface area contributed by atoms with Gasteiger partial charge in [0.25, 0.3) is 15.9 Å². The second-order valence-electron chi connectivity index (χ2n) is 6.94. The normalized spacial score (nSPS) is 10.8. The molecule has 0 aliphatic heterocycles. The van der Waals surface area contributed by atoms with Gasteiger partial charge in [0.2, 0.25) is 0 Å². The number of amides is 1. The minimum atomic E-state index is -3.92. The number of ether oxygens (including phenoxy) is 2. The number of rotatable bonds is 9. The smallest absolute Gasteiger partial charge is 0.261 e. The van der Waals surface area contributed by atoms with Crippen molar-refractivity contribution in [1.82, 2.24) is 0 Å². The van der Waals surface area contributed by atoms with E-state index >= 15 is 0 Å². The van der Waals surface area contributed by atoms with Gasteiger partial charge < -0.3 is 14.8 Å². The van der Waals surface area contributed by atoms with Gasteiger partial charge in [-0.15, -0.1) is 12.6 Å². The molecule has 188 valence electrons. The molecule has 11 heteroatoms. The van der Waals surface area contributed by atoms with Crippen LogP contribution in [0, 0.1) is 0 Å².